The Labute approximate surface area is 195 Å². The van der Waals surface area contributed by atoms with Crippen LogP contribution in [0.1, 0.15) is 24.8 Å². The van der Waals surface area contributed by atoms with E-state index in [1.807, 2.05) is 0 Å². The molecule has 4 unspecified atom stereocenters. The minimum Gasteiger partial charge on any atom is -0.508 e. The Bertz CT molecular complexity index is 922. The van der Waals surface area contributed by atoms with Crippen molar-refractivity contribution in [2.45, 2.75) is 49.9 Å². The highest BCUT2D eigenvalue weighted by atomic mass is 16.4. The van der Waals surface area contributed by atoms with Crippen molar-refractivity contribution in [3.63, 3.8) is 0 Å². The van der Waals surface area contributed by atoms with Gasteiger partial charge in [-0.3, -0.25) is 19.2 Å². The number of carboxylic acids is 1. The highest BCUT2D eigenvalue weighted by Gasteiger charge is 2.38. The van der Waals surface area contributed by atoms with Gasteiger partial charge in [-0.25, -0.2) is 4.79 Å². The zero-order chi connectivity index (χ0) is 25.4. The van der Waals surface area contributed by atoms with Crippen molar-refractivity contribution in [1.29, 1.82) is 0 Å². The molecule has 1 aromatic carbocycles. The minimum atomic E-state index is -1.48. The van der Waals surface area contributed by atoms with Crippen LogP contribution in [0.2, 0.25) is 0 Å². The molecule has 1 heterocycles. The summed E-state index contributed by atoms with van der Waals surface area (Å²) in [5.41, 5.74) is 11.3. The molecule has 0 bridgehead atoms. The largest absolute Gasteiger partial charge is 0.508 e. The predicted octanol–water partition coefficient (Wildman–Crippen LogP) is -2.83. The fourth-order valence-corrected chi connectivity index (χ4v) is 3.61. The Kier molecular flexibility index (Phi) is 9.33. The van der Waals surface area contributed by atoms with Gasteiger partial charge in [0, 0.05) is 13.0 Å². The molecule has 13 heteroatoms. The molecule has 4 atom stereocenters. The Morgan fingerprint density at radius 3 is 2.29 bits per heavy atom. The number of aromatic hydroxyl groups is 1. The van der Waals surface area contributed by atoms with E-state index in [4.69, 9.17) is 16.6 Å². The van der Waals surface area contributed by atoms with Crippen molar-refractivity contribution < 1.29 is 39.3 Å². The number of aliphatic hydroxyl groups excluding tert-OH is 1. The molecule has 4 amide bonds. The molecule has 1 aliphatic heterocycles. The molecule has 0 radical (unpaired) electrons. The molecule has 0 saturated carbocycles. The number of hydrogen-bond donors (Lipinski definition) is 7. The second-order valence-corrected chi connectivity index (χ2v) is 7.98. The summed E-state index contributed by atoms with van der Waals surface area (Å²) >= 11 is 0. The molecule has 1 fully saturated rings. The first-order valence-electron chi connectivity index (χ1n) is 10.6. The summed E-state index contributed by atoms with van der Waals surface area (Å²) in [4.78, 5) is 62.3. The van der Waals surface area contributed by atoms with E-state index < -0.39 is 66.8 Å². The first-order chi connectivity index (χ1) is 16.0. The van der Waals surface area contributed by atoms with Crippen LogP contribution in [-0.2, 0) is 30.4 Å². The molecule has 1 saturated heterocycles. The number of amides is 4. The number of rotatable bonds is 11. The maximum atomic E-state index is 12.8. The zero-order valence-corrected chi connectivity index (χ0v) is 18.3. The van der Waals surface area contributed by atoms with Crippen LogP contribution in [-0.4, -0.2) is 87.1 Å². The summed E-state index contributed by atoms with van der Waals surface area (Å²) in [5, 5.41) is 32.6. The first-order valence-corrected chi connectivity index (χ1v) is 10.6. The van der Waals surface area contributed by atoms with Gasteiger partial charge in [-0.15, -0.1) is 0 Å². The zero-order valence-electron chi connectivity index (χ0n) is 18.3. The van der Waals surface area contributed by atoms with E-state index in [1.54, 1.807) is 0 Å². The van der Waals surface area contributed by atoms with Crippen molar-refractivity contribution in [2.75, 3.05) is 13.2 Å². The summed E-state index contributed by atoms with van der Waals surface area (Å²) in [5.74, 6) is -4.58. The second-order valence-electron chi connectivity index (χ2n) is 7.98. The molecule has 9 N–H and O–H groups in total. The number of aliphatic carboxylic acids is 1. The van der Waals surface area contributed by atoms with Crippen LogP contribution in [0.3, 0.4) is 0 Å². The van der Waals surface area contributed by atoms with Gasteiger partial charge < -0.3 is 42.3 Å². The number of aliphatic hydroxyl groups is 1. The Morgan fingerprint density at radius 2 is 1.74 bits per heavy atom. The van der Waals surface area contributed by atoms with Gasteiger partial charge in [0.05, 0.1) is 13.0 Å². The molecule has 1 aromatic rings. The van der Waals surface area contributed by atoms with Gasteiger partial charge in [-0.05, 0) is 30.5 Å². The number of phenolic OH excluding ortho intramolecular Hbond substituents is 1. The molecule has 34 heavy (non-hydrogen) atoms. The second kappa shape index (κ2) is 12.0. The molecule has 186 valence electrons. The van der Waals surface area contributed by atoms with Crippen molar-refractivity contribution in [3.05, 3.63) is 29.8 Å². The lowest BCUT2D eigenvalue weighted by Gasteiger charge is -2.28. The number of nitrogens with one attached hydrogen (secondary N) is 2. The van der Waals surface area contributed by atoms with Gasteiger partial charge in [0.1, 0.15) is 29.9 Å². The number of benzene rings is 1. The number of phenols is 1. The van der Waals surface area contributed by atoms with E-state index in [2.05, 4.69) is 10.6 Å². The van der Waals surface area contributed by atoms with Crippen LogP contribution in [0.15, 0.2) is 24.3 Å². The fraction of sp³-hybridized carbons (Fsp3) is 0.476. The maximum absolute atomic E-state index is 12.8. The number of nitrogens with two attached hydrogens (primary N) is 2. The monoisotopic (exact) mass is 479 g/mol. The fourth-order valence-electron chi connectivity index (χ4n) is 3.61. The van der Waals surface area contributed by atoms with Gasteiger partial charge in [0.15, 0.2) is 0 Å². The van der Waals surface area contributed by atoms with E-state index in [0.717, 1.165) is 0 Å². The Hall–Kier alpha value is -3.71. The lowest BCUT2D eigenvalue weighted by Crippen LogP contribution is -2.57. The van der Waals surface area contributed by atoms with Gasteiger partial charge in [0.2, 0.25) is 23.6 Å². The Balaban J connectivity index is 2.12. The molecular formula is C21H29N5O8. The highest BCUT2D eigenvalue weighted by molar-refractivity contribution is 5.96. The van der Waals surface area contributed by atoms with E-state index in [0.29, 0.717) is 12.0 Å². The van der Waals surface area contributed by atoms with E-state index in [9.17, 15) is 34.2 Å². The first kappa shape index (κ1) is 26.5. The average molecular weight is 479 g/mol. The standard InChI is InChI=1S/C21H29N5O8/c22-13(10-27)20(32)26-7-1-2-16(26)19(31)24-14(9-17(23)29)18(30)25-15(21(33)34)8-11-3-5-12(28)6-4-11/h3-6,13-16,27-28H,1-2,7-10,22H2,(H2,23,29)(H,24,31)(H,25,30)(H,33,34). The van der Waals surface area contributed by atoms with E-state index in [-0.39, 0.29) is 25.1 Å². The minimum absolute atomic E-state index is 0.0109. The number of nitrogens with zero attached hydrogens (tertiary/aromatic N) is 1. The number of likely N-dealkylation sites (tertiary alicyclic amines) is 1. The molecule has 0 aliphatic carbocycles. The predicted molar refractivity (Wildman–Crippen MR) is 117 cm³/mol. The van der Waals surface area contributed by atoms with Crippen LogP contribution in [0.4, 0.5) is 0 Å². The maximum Gasteiger partial charge on any atom is 0.326 e. The Morgan fingerprint density at radius 1 is 1.09 bits per heavy atom. The molecule has 0 spiro atoms. The summed E-state index contributed by atoms with van der Waals surface area (Å²) in [6, 6.07) is 0.667. The summed E-state index contributed by atoms with van der Waals surface area (Å²) in [7, 11) is 0. The van der Waals surface area contributed by atoms with E-state index in [1.165, 1.54) is 29.2 Å². The quantitative estimate of drug-likeness (QED) is 0.173. The van der Waals surface area contributed by atoms with Crippen molar-refractivity contribution >= 4 is 29.6 Å². The topological polar surface area (TPSA) is 225 Å². The number of carboxylic acid groups (broad SMARTS) is 1. The van der Waals surface area contributed by atoms with Gasteiger partial charge in [-0.1, -0.05) is 12.1 Å². The smallest absolute Gasteiger partial charge is 0.326 e. The average Bonchev–Trinajstić information content (AvgIpc) is 3.28. The third kappa shape index (κ3) is 7.15. The summed E-state index contributed by atoms with van der Waals surface area (Å²) < 4.78 is 0. The van der Waals surface area contributed by atoms with Gasteiger partial charge >= 0.3 is 5.97 Å². The van der Waals surface area contributed by atoms with Gasteiger partial charge in [0.25, 0.3) is 0 Å². The number of carbonyl (C=O) groups is 5. The van der Waals surface area contributed by atoms with Crippen molar-refractivity contribution in [1.82, 2.24) is 15.5 Å². The molecular weight excluding hydrogens is 450 g/mol. The molecule has 1 aliphatic rings. The lowest BCUT2D eigenvalue weighted by atomic mass is 10.0. The van der Waals surface area contributed by atoms with Crippen LogP contribution in [0.5, 0.6) is 5.75 Å². The molecule has 13 nitrogen and oxygen atoms in total. The third-order valence-corrected chi connectivity index (χ3v) is 5.38. The lowest BCUT2D eigenvalue weighted by molar-refractivity contribution is -0.143. The number of hydrogen-bond acceptors (Lipinski definition) is 8. The molecule has 2 rings (SSSR count). The van der Waals surface area contributed by atoms with Crippen molar-refractivity contribution in [3.8, 4) is 5.75 Å². The highest BCUT2D eigenvalue weighted by Crippen LogP contribution is 2.19. The summed E-state index contributed by atoms with van der Waals surface area (Å²) in [6.45, 7) is -0.376. The van der Waals surface area contributed by atoms with E-state index >= 15 is 0 Å². The molecule has 0 aromatic heterocycles. The normalized spacial score (nSPS) is 17.9. The third-order valence-electron chi connectivity index (χ3n) is 5.38. The van der Waals surface area contributed by atoms with Crippen molar-refractivity contribution in [2.24, 2.45) is 11.5 Å². The van der Waals surface area contributed by atoms with Gasteiger partial charge in [-0.2, -0.15) is 0 Å². The summed E-state index contributed by atoms with van der Waals surface area (Å²) in [6.07, 6.45) is 0.0457. The van der Waals surface area contributed by atoms with Crippen LogP contribution in [0, 0.1) is 0 Å². The number of primary amides is 1. The van der Waals surface area contributed by atoms with Crippen LogP contribution < -0.4 is 22.1 Å². The van der Waals surface area contributed by atoms with Crippen LogP contribution in [0.25, 0.3) is 0 Å². The SMILES string of the molecule is NC(=O)CC(NC(=O)C1CCCN1C(=O)C(N)CO)C(=O)NC(Cc1ccc(O)cc1)C(=O)O. The number of carbonyl (C=O) groups excluding carboxylic acids is 4. The van der Waals surface area contributed by atoms with Crippen LogP contribution >= 0.6 is 0 Å².